The van der Waals surface area contributed by atoms with Crippen molar-refractivity contribution in [3.05, 3.63) is 64.7 Å². The lowest BCUT2D eigenvalue weighted by Crippen LogP contribution is -2.62. The lowest BCUT2D eigenvalue weighted by atomic mass is 9.95. The first kappa shape index (κ1) is 55.6. The molecular weight excluding hydrogens is 851 g/mol. The average Bonchev–Trinajstić information content (AvgIpc) is 3.28. The number of phenols is 1. The molecule has 1 heterocycles. The number of unbranched alkanes of at least 4 members (excludes halogenated alkanes) is 9. The zero-order valence-electron chi connectivity index (χ0n) is 39.1. The molecule has 0 aliphatic carbocycles. The molecule has 9 atom stereocenters. The van der Waals surface area contributed by atoms with Crippen molar-refractivity contribution >= 4 is 29.5 Å². The predicted molar refractivity (Wildman–Crippen MR) is 249 cm³/mol. The van der Waals surface area contributed by atoms with Gasteiger partial charge in [0.05, 0.1) is 6.04 Å². The van der Waals surface area contributed by atoms with Crippen molar-refractivity contribution in [2.24, 2.45) is 17.2 Å². The number of nitrogens with two attached hydrogens (primary N) is 3. The topological polar surface area (TPSA) is 311 Å². The molecule has 370 valence electrons. The van der Waals surface area contributed by atoms with Gasteiger partial charge < -0.3 is 68.4 Å². The van der Waals surface area contributed by atoms with E-state index in [9.17, 15) is 44.4 Å². The normalized spacial score (nSPS) is 20.1. The number of benzene rings is 2. The largest absolute Gasteiger partial charge is 0.508 e. The Hall–Kier alpha value is -4.69. The van der Waals surface area contributed by atoms with Gasteiger partial charge >= 0.3 is 0 Å². The van der Waals surface area contributed by atoms with Crippen LogP contribution in [0, 0.1) is 13.8 Å². The van der Waals surface area contributed by atoms with E-state index in [1.807, 2.05) is 0 Å². The number of carbonyl (C=O) groups excluding carboxylic acids is 5. The Morgan fingerprint density at radius 3 is 1.92 bits per heavy atom. The van der Waals surface area contributed by atoms with Crippen molar-refractivity contribution in [3.8, 4) is 5.75 Å². The third-order valence-corrected chi connectivity index (χ3v) is 11.9. The first-order valence-corrected chi connectivity index (χ1v) is 23.7. The predicted octanol–water partition coefficient (Wildman–Crippen LogP) is 1.44. The summed E-state index contributed by atoms with van der Waals surface area (Å²) in [5.74, 6) is -3.40. The summed E-state index contributed by atoms with van der Waals surface area (Å²) >= 11 is 0. The Balaban J connectivity index is 1.69. The molecule has 1 saturated heterocycles. The Labute approximate surface area is 389 Å². The number of aromatic hydroxyl groups is 1. The Kier molecular flexibility index (Phi) is 25.2. The van der Waals surface area contributed by atoms with Crippen molar-refractivity contribution in [3.63, 3.8) is 0 Å². The van der Waals surface area contributed by atoms with Crippen molar-refractivity contribution in [1.82, 2.24) is 21.3 Å². The van der Waals surface area contributed by atoms with E-state index in [-0.39, 0.29) is 57.4 Å². The number of aliphatic hydroxyl groups is 3. The van der Waals surface area contributed by atoms with E-state index in [0.717, 1.165) is 36.0 Å². The summed E-state index contributed by atoms with van der Waals surface area (Å²) in [6.45, 7) is 6.43. The fourth-order valence-electron chi connectivity index (χ4n) is 7.96. The van der Waals surface area contributed by atoms with Crippen LogP contribution in [-0.2, 0) is 46.3 Å². The van der Waals surface area contributed by atoms with Gasteiger partial charge in [-0.3, -0.25) is 24.0 Å². The lowest BCUT2D eigenvalue weighted by molar-refractivity contribution is -0.290. The van der Waals surface area contributed by atoms with Crippen molar-refractivity contribution in [2.45, 2.75) is 178 Å². The molecule has 66 heavy (non-hydrogen) atoms. The number of amides is 5. The minimum absolute atomic E-state index is 0.0439. The smallest absolute Gasteiger partial charge is 0.252 e. The van der Waals surface area contributed by atoms with Gasteiger partial charge in [-0.25, -0.2) is 0 Å². The Morgan fingerprint density at radius 1 is 0.712 bits per heavy atom. The summed E-state index contributed by atoms with van der Waals surface area (Å²) < 4.78 is 11.3. The summed E-state index contributed by atoms with van der Waals surface area (Å²) in [7, 11) is 0. The van der Waals surface area contributed by atoms with E-state index in [2.05, 4.69) is 28.2 Å². The van der Waals surface area contributed by atoms with Crippen LogP contribution in [0.5, 0.6) is 5.75 Å². The summed E-state index contributed by atoms with van der Waals surface area (Å²) in [6, 6.07) is 7.56. The highest BCUT2D eigenvalue weighted by Crippen LogP contribution is 2.24. The van der Waals surface area contributed by atoms with Crippen molar-refractivity contribution < 1.29 is 53.9 Å². The zero-order valence-corrected chi connectivity index (χ0v) is 39.1. The van der Waals surface area contributed by atoms with E-state index in [1.54, 1.807) is 56.3 Å². The zero-order chi connectivity index (χ0) is 48.6. The van der Waals surface area contributed by atoms with Crippen LogP contribution in [0.1, 0.15) is 119 Å². The molecule has 14 N–H and O–H groups in total. The molecule has 0 aromatic heterocycles. The van der Waals surface area contributed by atoms with Gasteiger partial charge in [0.2, 0.25) is 23.6 Å². The highest BCUT2D eigenvalue weighted by atomic mass is 16.7. The van der Waals surface area contributed by atoms with Gasteiger partial charge in [-0.1, -0.05) is 82.2 Å². The molecule has 5 amide bonds. The van der Waals surface area contributed by atoms with Gasteiger partial charge in [0.1, 0.15) is 42.2 Å². The number of hydrogen-bond donors (Lipinski definition) is 11. The van der Waals surface area contributed by atoms with Crippen LogP contribution in [0.4, 0.5) is 0 Å². The summed E-state index contributed by atoms with van der Waals surface area (Å²) in [6.07, 6.45) is 2.87. The van der Waals surface area contributed by atoms with Gasteiger partial charge in [-0.2, -0.15) is 0 Å². The number of rotatable bonds is 31. The molecule has 0 unspecified atom stereocenters. The SMILES string of the molecule is CCCCCCCCCCO[C@@H]1O[C@H](C(=O)NCCCC[C@@H](NC(=O)[C@@H](N)Cc2c(C)cc(O)cc2C)C(=O)N[C@@H](Cc2ccccc2)C(=O)N[C@@H](CCCCN)C(N)=O)[C@@H](O)[C@H](O)[C@H]1O. The third kappa shape index (κ3) is 18.9. The number of aliphatic hydroxyl groups excluding tert-OH is 3. The molecule has 1 aliphatic heterocycles. The van der Waals surface area contributed by atoms with Crippen LogP contribution in [0.3, 0.4) is 0 Å². The molecular formula is C48H77N7O11. The van der Waals surface area contributed by atoms with E-state index in [0.29, 0.717) is 31.4 Å². The van der Waals surface area contributed by atoms with E-state index >= 15 is 0 Å². The second-order valence-electron chi connectivity index (χ2n) is 17.5. The van der Waals surface area contributed by atoms with Gasteiger partial charge in [-0.05, 0) is 106 Å². The van der Waals surface area contributed by atoms with Crippen LogP contribution in [0.15, 0.2) is 42.5 Å². The summed E-state index contributed by atoms with van der Waals surface area (Å²) in [5.41, 5.74) is 20.6. The van der Waals surface area contributed by atoms with Crippen LogP contribution < -0.4 is 38.5 Å². The lowest BCUT2D eigenvalue weighted by Gasteiger charge is -2.39. The van der Waals surface area contributed by atoms with Gasteiger partial charge in [-0.15, -0.1) is 0 Å². The minimum Gasteiger partial charge on any atom is -0.508 e. The Morgan fingerprint density at radius 2 is 1.29 bits per heavy atom. The third-order valence-electron chi connectivity index (χ3n) is 11.9. The molecule has 2 aromatic carbocycles. The molecule has 1 fully saturated rings. The van der Waals surface area contributed by atoms with Crippen LogP contribution in [0.2, 0.25) is 0 Å². The minimum atomic E-state index is -1.73. The molecule has 0 spiro atoms. The fraction of sp³-hybridized carbons (Fsp3) is 0.646. The maximum atomic E-state index is 14.2. The monoisotopic (exact) mass is 928 g/mol. The molecule has 3 rings (SSSR count). The van der Waals surface area contributed by atoms with E-state index in [4.69, 9.17) is 26.7 Å². The van der Waals surface area contributed by atoms with Crippen LogP contribution in [0.25, 0.3) is 0 Å². The quantitative estimate of drug-likeness (QED) is 0.0478. The molecule has 18 nitrogen and oxygen atoms in total. The molecule has 2 aromatic rings. The number of aryl methyl sites for hydroxylation is 2. The van der Waals surface area contributed by atoms with Crippen LogP contribution in [-0.4, -0.2) is 125 Å². The molecule has 18 heteroatoms. The maximum Gasteiger partial charge on any atom is 0.252 e. The number of hydrogen-bond acceptors (Lipinski definition) is 13. The Bertz CT molecular complexity index is 1780. The first-order valence-electron chi connectivity index (χ1n) is 23.7. The molecule has 1 aliphatic rings. The van der Waals surface area contributed by atoms with Gasteiger partial charge in [0.15, 0.2) is 12.4 Å². The molecule has 0 radical (unpaired) electrons. The summed E-state index contributed by atoms with van der Waals surface area (Å²) in [5, 5.41) is 52.6. The maximum absolute atomic E-state index is 14.2. The number of nitrogens with one attached hydrogen (secondary N) is 4. The van der Waals surface area contributed by atoms with Gasteiger partial charge in [0, 0.05) is 19.6 Å². The number of phenolic OH excluding ortho intramolecular Hbond substituents is 1. The fourth-order valence-corrected chi connectivity index (χ4v) is 7.96. The standard InChI is InChI=1S/C48H77N7O11/c1-4-5-6-7-8-9-10-18-25-65-48-41(59)39(57)40(58)42(66-48)47(64)52-24-17-15-22-37(54-44(61)35(50)29-34-30(2)26-33(56)27-31(34)3)45(62)55-38(28-32-19-12-11-13-20-32)46(63)53-36(43(51)60)21-14-16-23-49/h11-13,19-20,26-27,35-42,48,56-59H,4-10,14-18,21-25,28-29,49-50H2,1-3H3,(H2,51,60)(H,52,64)(H,53,63)(H,54,61)(H,55,62)/t35-,36-,37+,38-,39-,40-,41+,42-,48+/m0/s1. The summed E-state index contributed by atoms with van der Waals surface area (Å²) in [4.78, 5) is 67.2. The first-order chi connectivity index (χ1) is 31.6. The number of primary amides is 1. The second-order valence-corrected chi connectivity index (χ2v) is 17.5. The van der Waals surface area contributed by atoms with Crippen molar-refractivity contribution in [1.29, 1.82) is 0 Å². The molecule has 0 bridgehead atoms. The average molecular weight is 928 g/mol. The molecule has 0 saturated carbocycles. The highest BCUT2D eigenvalue weighted by molar-refractivity contribution is 5.94. The number of ether oxygens (including phenoxy) is 2. The second kappa shape index (κ2) is 29.8. The van der Waals surface area contributed by atoms with Crippen molar-refractivity contribution in [2.75, 3.05) is 19.7 Å². The van der Waals surface area contributed by atoms with Gasteiger partial charge in [0.25, 0.3) is 5.91 Å². The van der Waals surface area contributed by atoms with E-state index in [1.165, 1.54) is 25.7 Å². The number of carbonyl (C=O) groups is 5. The highest BCUT2D eigenvalue weighted by Gasteiger charge is 2.47. The van der Waals surface area contributed by atoms with Crippen LogP contribution >= 0.6 is 0 Å². The van der Waals surface area contributed by atoms with E-state index < -0.39 is 84.4 Å².